The van der Waals surface area contributed by atoms with Gasteiger partial charge >= 0.3 is 6.18 Å². The summed E-state index contributed by atoms with van der Waals surface area (Å²) in [6, 6.07) is 1.07. The smallest absolute Gasteiger partial charge is 0.342 e. The van der Waals surface area contributed by atoms with Crippen LogP contribution < -0.4 is 0 Å². The Morgan fingerprint density at radius 2 is 2.18 bits per heavy atom. The van der Waals surface area contributed by atoms with E-state index in [1.54, 1.807) is 15.5 Å². The van der Waals surface area contributed by atoms with Gasteiger partial charge in [0, 0.05) is 44.0 Å². The molecule has 2 aromatic rings. The molecule has 0 N–H and O–H groups in total. The highest BCUT2D eigenvalue weighted by atomic mass is 19.4. The van der Waals surface area contributed by atoms with Crippen LogP contribution in [0, 0.1) is 0 Å². The van der Waals surface area contributed by atoms with Gasteiger partial charge in [-0.2, -0.15) is 13.2 Å². The molecule has 5 nitrogen and oxygen atoms in total. The standard InChI is InChI=1S/C14H15F3N4O/c1-9(22)20-5-2-3-10(8-20)11-7-12(14(15,16)17)19-13-18-4-6-21(11)13/h4,6-7,10H,2-3,5,8H2,1H3/t10-/m1/s1. The number of rotatable bonds is 1. The zero-order chi connectivity index (χ0) is 15.9. The average molecular weight is 312 g/mol. The third-order valence-electron chi connectivity index (χ3n) is 3.98. The highest BCUT2D eigenvalue weighted by Crippen LogP contribution is 2.33. The summed E-state index contributed by atoms with van der Waals surface area (Å²) >= 11 is 0. The van der Waals surface area contributed by atoms with Crippen molar-refractivity contribution in [2.45, 2.75) is 31.9 Å². The summed E-state index contributed by atoms with van der Waals surface area (Å²) in [5, 5.41) is 0. The van der Waals surface area contributed by atoms with Crippen molar-refractivity contribution in [1.29, 1.82) is 0 Å². The molecular formula is C14H15F3N4O. The molecule has 1 aliphatic rings. The maximum absolute atomic E-state index is 13.0. The topological polar surface area (TPSA) is 50.5 Å². The molecule has 0 spiro atoms. The largest absolute Gasteiger partial charge is 0.433 e. The van der Waals surface area contributed by atoms with Crippen LogP contribution in [0.1, 0.15) is 37.1 Å². The van der Waals surface area contributed by atoms with Crippen molar-refractivity contribution in [2.24, 2.45) is 0 Å². The number of carbonyl (C=O) groups excluding carboxylic acids is 1. The predicted octanol–water partition coefficient (Wildman–Crippen LogP) is 2.47. The number of alkyl halides is 3. The lowest BCUT2D eigenvalue weighted by atomic mass is 9.94. The van der Waals surface area contributed by atoms with Gasteiger partial charge in [-0.05, 0) is 18.9 Å². The number of halogens is 3. The number of piperidine rings is 1. The molecule has 0 aliphatic carbocycles. The van der Waals surface area contributed by atoms with E-state index in [2.05, 4.69) is 9.97 Å². The highest BCUT2D eigenvalue weighted by Gasteiger charge is 2.35. The molecule has 0 bridgehead atoms. The van der Waals surface area contributed by atoms with Gasteiger partial charge in [0.05, 0.1) is 0 Å². The number of carbonyl (C=O) groups is 1. The fourth-order valence-electron chi connectivity index (χ4n) is 2.89. The van der Waals surface area contributed by atoms with Crippen molar-refractivity contribution in [3.05, 3.63) is 29.8 Å². The molecule has 3 heterocycles. The number of likely N-dealkylation sites (tertiary alicyclic amines) is 1. The molecule has 1 amide bonds. The molecule has 0 radical (unpaired) electrons. The zero-order valence-corrected chi connectivity index (χ0v) is 12.0. The first-order chi connectivity index (χ1) is 10.4. The summed E-state index contributed by atoms with van der Waals surface area (Å²) in [6.45, 7) is 2.54. The minimum atomic E-state index is -4.52. The summed E-state index contributed by atoms with van der Waals surface area (Å²) in [5.41, 5.74) is -0.443. The van der Waals surface area contributed by atoms with Crippen LogP contribution in [-0.2, 0) is 11.0 Å². The van der Waals surface area contributed by atoms with Gasteiger partial charge < -0.3 is 4.90 Å². The van der Waals surface area contributed by atoms with Gasteiger partial charge in [0.1, 0.15) is 5.69 Å². The van der Waals surface area contributed by atoms with E-state index in [9.17, 15) is 18.0 Å². The van der Waals surface area contributed by atoms with E-state index in [0.29, 0.717) is 18.8 Å². The van der Waals surface area contributed by atoms with Crippen LogP contribution in [0.25, 0.3) is 5.78 Å². The first kappa shape index (κ1) is 14.8. The van der Waals surface area contributed by atoms with Gasteiger partial charge in [-0.25, -0.2) is 9.97 Å². The fraction of sp³-hybridized carbons (Fsp3) is 0.500. The number of amides is 1. The lowest BCUT2D eigenvalue weighted by Crippen LogP contribution is -2.38. The summed E-state index contributed by atoms with van der Waals surface area (Å²) in [6.07, 6.45) is 0.0158. The summed E-state index contributed by atoms with van der Waals surface area (Å²) in [7, 11) is 0. The molecule has 1 atom stereocenters. The van der Waals surface area contributed by atoms with Crippen molar-refractivity contribution >= 4 is 11.7 Å². The van der Waals surface area contributed by atoms with Crippen LogP contribution in [-0.4, -0.2) is 38.3 Å². The number of fused-ring (bicyclic) bond motifs is 1. The third kappa shape index (κ3) is 2.65. The van der Waals surface area contributed by atoms with Gasteiger partial charge in [-0.15, -0.1) is 0 Å². The van der Waals surface area contributed by atoms with Gasteiger partial charge in [-0.3, -0.25) is 9.20 Å². The summed E-state index contributed by atoms with van der Waals surface area (Å²) < 4.78 is 40.6. The SMILES string of the molecule is CC(=O)N1CCC[C@@H](c2cc(C(F)(F)F)nc3nccn23)C1. The maximum Gasteiger partial charge on any atom is 0.433 e. The van der Waals surface area contributed by atoms with E-state index < -0.39 is 11.9 Å². The molecule has 118 valence electrons. The number of nitrogens with zero attached hydrogens (tertiary/aromatic N) is 4. The van der Waals surface area contributed by atoms with Gasteiger partial charge in [0.2, 0.25) is 11.7 Å². The Hall–Kier alpha value is -2.12. The minimum Gasteiger partial charge on any atom is -0.342 e. The van der Waals surface area contributed by atoms with Crippen molar-refractivity contribution in [3.63, 3.8) is 0 Å². The van der Waals surface area contributed by atoms with E-state index in [1.165, 1.54) is 13.1 Å². The Morgan fingerprint density at radius 1 is 1.41 bits per heavy atom. The van der Waals surface area contributed by atoms with Gasteiger partial charge in [-0.1, -0.05) is 0 Å². The maximum atomic E-state index is 13.0. The second-order valence-electron chi connectivity index (χ2n) is 5.47. The summed E-state index contributed by atoms with van der Waals surface area (Å²) in [4.78, 5) is 20.6. The van der Waals surface area contributed by atoms with Crippen LogP contribution in [0.3, 0.4) is 0 Å². The van der Waals surface area contributed by atoms with E-state index in [0.717, 1.165) is 18.9 Å². The van der Waals surface area contributed by atoms with E-state index in [4.69, 9.17) is 0 Å². The zero-order valence-electron chi connectivity index (χ0n) is 12.0. The van der Waals surface area contributed by atoms with Crippen LogP contribution in [0.4, 0.5) is 13.2 Å². The quantitative estimate of drug-likeness (QED) is 0.813. The molecule has 3 rings (SSSR count). The van der Waals surface area contributed by atoms with Crippen molar-refractivity contribution in [2.75, 3.05) is 13.1 Å². The molecule has 1 saturated heterocycles. The lowest BCUT2D eigenvalue weighted by Gasteiger charge is -2.32. The molecule has 0 saturated carbocycles. The Kier molecular flexibility index (Phi) is 3.54. The van der Waals surface area contributed by atoms with E-state index in [-0.39, 0.29) is 17.6 Å². The molecule has 1 aliphatic heterocycles. The Bertz CT molecular complexity index is 710. The second-order valence-corrected chi connectivity index (χ2v) is 5.47. The highest BCUT2D eigenvalue weighted by molar-refractivity contribution is 5.73. The van der Waals surface area contributed by atoms with E-state index >= 15 is 0 Å². The normalized spacial score (nSPS) is 19.6. The molecule has 0 aromatic carbocycles. The van der Waals surface area contributed by atoms with Crippen LogP contribution >= 0.6 is 0 Å². The molecule has 0 unspecified atom stereocenters. The summed E-state index contributed by atoms with van der Waals surface area (Å²) in [5.74, 6) is -0.181. The van der Waals surface area contributed by atoms with Crippen LogP contribution in [0.2, 0.25) is 0 Å². The monoisotopic (exact) mass is 312 g/mol. The molecule has 1 fully saturated rings. The Balaban J connectivity index is 2.05. The fourth-order valence-corrected chi connectivity index (χ4v) is 2.89. The lowest BCUT2D eigenvalue weighted by molar-refractivity contribution is -0.141. The van der Waals surface area contributed by atoms with Gasteiger partial charge in [0.15, 0.2) is 0 Å². The van der Waals surface area contributed by atoms with Crippen molar-refractivity contribution in [3.8, 4) is 0 Å². The molecule has 8 heteroatoms. The third-order valence-corrected chi connectivity index (χ3v) is 3.98. The minimum absolute atomic E-state index is 0.0322. The van der Waals surface area contributed by atoms with Crippen molar-refractivity contribution < 1.29 is 18.0 Å². The molecule has 22 heavy (non-hydrogen) atoms. The second kappa shape index (κ2) is 5.26. The Morgan fingerprint density at radius 3 is 2.86 bits per heavy atom. The number of aromatic nitrogens is 3. The molecule has 2 aromatic heterocycles. The number of hydrogen-bond donors (Lipinski definition) is 0. The number of imidazole rings is 1. The first-order valence-electron chi connectivity index (χ1n) is 7.03. The predicted molar refractivity (Wildman–Crippen MR) is 72.2 cm³/mol. The van der Waals surface area contributed by atoms with E-state index in [1.807, 2.05) is 0 Å². The molecular weight excluding hydrogens is 297 g/mol. The van der Waals surface area contributed by atoms with Crippen LogP contribution in [0.15, 0.2) is 18.5 Å². The van der Waals surface area contributed by atoms with Crippen molar-refractivity contribution in [1.82, 2.24) is 19.3 Å². The number of hydrogen-bond acceptors (Lipinski definition) is 3. The van der Waals surface area contributed by atoms with Gasteiger partial charge in [0.25, 0.3) is 0 Å². The van der Waals surface area contributed by atoms with Crippen LogP contribution in [0.5, 0.6) is 0 Å². The first-order valence-corrected chi connectivity index (χ1v) is 7.03. The average Bonchev–Trinajstić information content (AvgIpc) is 2.93. The Labute approximate surface area is 124 Å².